The van der Waals surface area contributed by atoms with E-state index < -0.39 is 5.82 Å². The third-order valence-corrected chi connectivity index (χ3v) is 5.23. The SMILES string of the molecule is Cc1noc(C)c1CN1CCCN(C(=O)c2cccc(Br)c2F)CC1. The Balaban J connectivity index is 1.67. The van der Waals surface area contributed by atoms with Gasteiger partial charge in [0, 0.05) is 38.3 Å². The molecule has 0 saturated carbocycles. The number of nitrogens with zero attached hydrogens (tertiary/aromatic N) is 3. The summed E-state index contributed by atoms with van der Waals surface area (Å²) in [5.41, 5.74) is 2.14. The van der Waals surface area contributed by atoms with E-state index in [-0.39, 0.29) is 11.5 Å². The second-order valence-electron chi connectivity index (χ2n) is 6.33. The molecule has 2 aromatic rings. The molecule has 0 bridgehead atoms. The number of benzene rings is 1. The molecule has 1 aliphatic rings. The Morgan fingerprint density at radius 1 is 1.28 bits per heavy atom. The largest absolute Gasteiger partial charge is 0.361 e. The van der Waals surface area contributed by atoms with E-state index in [1.807, 2.05) is 13.8 Å². The van der Waals surface area contributed by atoms with E-state index in [9.17, 15) is 9.18 Å². The Hall–Kier alpha value is -1.73. The summed E-state index contributed by atoms with van der Waals surface area (Å²) in [6, 6.07) is 4.82. The van der Waals surface area contributed by atoms with Crippen LogP contribution in [0.15, 0.2) is 27.2 Å². The molecule has 1 aromatic heterocycles. The summed E-state index contributed by atoms with van der Waals surface area (Å²) in [4.78, 5) is 16.7. The molecular weight excluding hydrogens is 389 g/mol. The van der Waals surface area contributed by atoms with E-state index in [0.717, 1.165) is 43.1 Å². The van der Waals surface area contributed by atoms with E-state index in [1.54, 1.807) is 17.0 Å². The van der Waals surface area contributed by atoms with Crippen molar-refractivity contribution >= 4 is 21.8 Å². The Bertz CT molecular complexity index is 758. The summed E-state index contributed by atoms with van der Waals surface area (Å²) in [5.74, 6) is 0.0909. The molecule has 1 amide bonds. The summed E-state index contributed by atoms with van der Waals surface area (Å²) in [6.07, 6.45) is 0.852. The van der Waals surface area contributed by atoms with Crippen LogP contribution in [0.3, 0.4) is 0 Å². The van der Waals surface area contributed by atoms with Gasteiger partial charge in [0.1, 0.15) is 11.6 Å². The van der Waals surface area contributed by atoms with Crippen molar-refractivity contribution in [3.05, 3.63) is 51.1 Å². The van der Waals surface area contributed by atoms with Gasteiger partial charge in [0.25, 0.3) is 5.91 Å². The van der Waals surface area contributed by atoms with Gasteiger partial charge in [-0.05, 0) is 48.3 Å². The predicted octanol–water partition coefficient (Wildman–Crippen LogP) is 3.54. The lowest BCUT2D eigenvalue weighted by molar-refractivity contribution is 0.0756. The van der Waals surface area contributed by atoms with Crippen molar-refractivity contribution in [1.29, 1.82) is 0 Å². The van der Waals surface area contributed by atoms with E-state index in [4.69, 9.17) is 4.52 Å². The van der Waals surface area contributed by atoms with E-state index in [1.165, 1.54) is 6.07 Å². The third kappa shape index (κ3) is 3.93. The van der Waals surface area contributed by atoms with Crippen LogP contribution in [-0.2, 0) is 6.54 Å². The van der Waals surface area contributed by atoms with Crippen molar-refractivity contribution in [2.45, 2.75) is 26.8 Å². The van der Waals surface area contributed by atoms with Crippen LogP contribution < -0.4 is 0 Å². The lowest BCUT2D eigenvalue weighted by Gasteiger charge is -2.22. The van der Waals surface area contributed by atoms with Gasteiger partial charge < -0.3 is 9.42 Å². The minimum atomic E-state index is -0.496. The number of hydrogen-bond donors (Lipinski definition) is 0. The molecular formula is C18H21BrFN3O2. The molecule has 7 heteroatoms. The van der Waals surface area contributed by atoms with Gasteiger partial charge in [-0.2, -0.15) is 0 Å². The Kier molecular flexibility index (Phi) is 5.54. The molecule has 2 heterocycles. The van der Waals surface area contributed by atoms with Gasteiger partial charge in [-0.3, -0.25) is 9.69 Å². The van der Waals surface area contributed by atoms with Gasteiger partial charge >= 0.3 is 0 Å². The van der Waals surface area contributed by atoms with Gasteiger partial charge in [0.15, 0.2) is 0 Å². The molecule has 0 unspecified atom stereocenters. The maximum absolute atomic E-state index is 14.2. The lowest BCUT2D eigenvalue weighted by Crippen LogP contribution is -2.35. The Morgan fingerprint density at radius 2 is 2.08 bits per heavy atom. The van der Waals surface area contributed by atoms with E-state index in [2.05, 4.69) is 26.0 Å². The average Bonchev–Trinajstić information content (AvgIpc) is 2.79. The number of carbonyl (C=O) groups excluding carboxylic acids is 1. The summed E-state index contributed by atoms with van der Waals surface area (Å²) in [7, 11) is 0. The van der Waals surface area contributed by atoms with Gasteiger partial charge in [-0.15, -0.1) is 0 Å². The molecule has 1 aromatic carbocycles. The van der Waals surface area contributed by atoms with Crippen LogP contribution in [0.4, 0.5) is 4.39 Å². The summed E-state index contributed by atoms with van der Waals surface area (Å²) in [6.45, 7) is 7.44. The second kappa shape index (κ2) is 7.66. The minimum Gasteiger partial charge on any atom is -0.361 e. The number of carbonyl (C=O) groups is 1. The smallest absolute Gasteiger partial charge is 0.256 e. The van der Waals surface area contributed by atoms with Crippen LogP contribution in [0.5, 0.6) is 0 Å². The topological polar surface area (TPSA) is 49.6 Å². The van der Waals surface area contributed by atoms with E-state index >= 15 is 0 Å². The van der Waals surface area contributed by atoms with Crippen molar-refractivity contribution in [3.63, 3.8) is 0 Å². The number of hydrogen-bond acceptors (Lipinski definition) is 4. The molecule has 25 heavy (non-hydrogen) atoms. The average molecular weight is 410 g/mol. The molecule has 1 fully saturated rings. The zero-order chi connectivity index (χ0) is 18.0. The monoisotopic (exact) mass is 409 g/mol. The van der Waals surface area contributed by atoms with Crippen LogP contribution >= 0.6 is 15.9 Å². The first-order valence-corrected chi connectivity index (χ1v) is 9.14. The summed E-state index contributed by atoms with van der Waals surface area (Å²) in [5, 5.41) is 3.99. The molecule has 0 radical (unpaired) electrons. The van der Waals surface area contributed by atoms with Crippen molar-refractivity contribution in [3.8, 4) is 0 Å². The first-order chi connectivity index (χ1) is 12.0. The molecule has 1 saturated heterocycles. The second-order valence-corrected chi connectivity index (χ2v) is 7.18. The highest BCUT2D eigenvalue weighted by atomic mass is 79.9. The number of amides is 1. The Morgan fingerprint density at radius 3 is 2.80 bits per heavy atom. The van der Waals surface area contributed by atoms with Crippen LogP contribution in [-0.4, -0.2) is 47.0 Å². The lowest BCUT2D eigenvalue weighted by atomic mass is 10.2. The maximum Gasteiger partial charge on any atom is 0.256 e. The van der Waals surface area contributed by atoms with Crippen molar-refractivity contribution in [2.24, 2.45) is 0 Å². The fourth-order valence-electron chi connectivity index (χ4n) is 3.12. The van der Waals surface area contributed by atoms with Gasteiger partial charge in [-0.25, -0.2) is 4.39 Å². The summed E-state index contributed by atoms with van der Waals surface area (Å²) >= 11 is 3.14. The highest BCUT2D eigenvalue weighted by Crippen LogP contribution is 2.21. The molecule has 0 spiro atoms. The zero-order valence-corrected chi connectivity index (χ0v) is 16.0. The number of halogens is 2. The highest BCUT2D eigenvalue weighted by molar-refractivity contribution is 9.10. The first-order valence-electron chi connectivity index (χ1n) is 8.34. The predicted molar refractivity (Wildman–Crippen MR) is 95.9 cm³/mol. The van der Waals surface area contributed by atoms with Gasteiger partial charge in [0.05, 0.1) is 15.7 Å². The van der Waals surface area contributed by atoms with Crippen LogP contribution in [0.25, 0.3) is 0 Å². The molecule has 134 valence electrons. The minimum absolute atomic E-state index is 0.119. The first kappa shape index (κ1) is 18.1. The molecule has 3 rings (SSSR count). The molecule has 1 aliphatic heterocycles. The Labute approximate surface area is 154 Å². The number of aryl methyl sites for hydroxylation is 2. The van der Waals surface area contributed by atoms with Gasteiger partial charge in [0.2, 0.25) is 0 Å². The van der Waals surface area contributed by atoms with Crippen molar-refractivity contribution < 1.29 is 13.7 Å². The van der Waals surface area contributed by atoms with Crippen molar-refractivity contribution in [1.82, 2.24) is 15.0 Å². The van der Waals surface area contributed by atoms with Crippen molar-refractivity contribution in [2.75, 3.05) is 26.2 Å². The van der Waals surface area contributed by atoms with Crippen LogP contribution in [0.2, 0.25) is 0 Å². The standard InChI is InChI=1S/C18H21BrFN3O2/c1-12-15(13(2)25-21-12)11-22-7-4-8-23(10-9-22)18(24)14-5-3-6-16(19)17(14)20/h3,5-6H,4,7-11H2,1-2H3. The van der Waals surface area contributed by atoms with Crippen LogP contribution in [0, 0.1) is 19.7 Å². The third-order valence-electron chi connectivity index (χ3n) is 4.62. The number of aromatic nitrogens is 1. The van der Waals surface area contributed by atoms with Gasteiger partial charge in [-0.1, -0.05) is 11.2 Å². The fourth-order valence-corrected chi connectivity index (χ4v) is 3.49. The molecule has 0 atom stereocenters. The maximum atomic E-state index is 14.2. The fraction of sp³-hybridized carbons (Fsp3) is 0.444. The van der Waals surface area contributed by atoms with Crippen LogP contribution in [0.1, 0.15) is 33.8 Å². The molecule has 0 aliphatic carbocycles. The van der Waals surface area contributed by atoms with E-state index in [0.29, 0.717) is 17.6 Å². The quantitative estimate of drug-likeness (QED) is 0.777. The highest BCUT2D eigenvalue weighted by Gasteiger charge is 2.24. The zero-order valence-electron chi connectivity index (χ0n) is 14.4. The normalized spacial score (nSPS) is 16.1. The molecule has 5 nitrogen and oxygen atoms in total. The summed E-state index contributed by atoms with van der Waals surface area (Å²) < 4.78 is 19.7. The number of rotatable bonds is 3. The molecule has 0 N–H and O–H groups in total.